The molecule has 4 nitrogen and oxygen atoms in total. The third-order valence-electron chi connectivity index (χ3n) is 2.92. The van der Waals surface area contributed by atoms with Crippen molar-refractivity contribution >= 4 is 35.1 Å². The molecule has 0 atom stereocenters. The average Bonchev–Trinajstić information content (AvgIpc) is 2.32. The highest BCUT2D eigenvalue weighted by Crippen LogP contribution is 2.25. The van der Waals surface area contributed by atoms with E-state index >= 15 is 0 Å². The maximum atomic E-state index is 12.4. The molecule has 0 bridgehead atoms. The van der Waals surface area contributed by atoms with E-state index in [0.717, 1.165) is 0 Å². The molecule has 0 saturated carbocycles. The summed E-state index contributed by atoms with van der Waals surface area (Å²) in [5, 5.41) is 9.83. The highest BCUT2D eigenvalue weighted by atomic mass is 35.5. The number of nitrogens with zero attached hydrogens (tertiary/aromatic N) is 1. The van der Waals surface area contributed by atoms with Crippen molar-refractivity contribution in [1.29, 1.82) is 0 Å². The molecule has 0 aliphatic carbocycles. The Bertz CT molecular complexity index is 515. The molecule has 0 spiro atoms. The molecule has 0 unspecified atom stereocenters. The zero-order valence-corrected chi connectivity index (χ0v) is 12.4. The molecule has 1 rings (SSSR count). The summed E-state index contributed by atoms with van der Waals surface area (Å²) in [5.74, 6) is -1.54. The molecule has 0 aromatic heterocycles. The predicted octanol–water partition coefficient (Wildman–Crippen LogP) is 3.32. The Morgan fingerprint density at radius 1 is 1.32 bits per heavy atom. The lowest BCUT2D eigenvalue weighted by Gasteiger charge is -2.34. The van der Waals surface area contributed by atoms with Crippen molar-refractivity contribution in [3.05, 3.63) is 33.8 Å². The summed E-state index contributed by atoms with van der Waals surface area (Å²) in [6.45, 7) is 4.90. The van der Waals surface area contributed by atoms with Crippen molar-refractivity contribution in [2.45, 2.75) is 26.3 Å². The Morgan fingerprint density at radius 2 is 1.89 bits per heavy atom. The van der Waals surface area contributed by atoms with Crippen LogP contribution in [0.1, 0.15) is 31.1 Å². The van der Waals surface area contributed by atoms with E-state index < -0.39 is 17.4 Å². The summed E-state index contributed by atoms with van der Waals surface area (Å²) >= 11 is 11.8. The second-order valence-corrected chi connectivity index (χ2v) is 5.38. The predicted molar refractivity (Wildman–Crippen MR) is 74.9 cm³/mol. The summed E-state index contributed by atoms with van der Waals surface area (Å²) in [4.78, 5) is 24.9. The van der Waals surface area contributed by atoms with E-state index in [-0.39, 0.29) is 17.1 Å². The van der Waals surface area contributed by atoms with Gasteiger partial charge in [-0.1, -0.05) is 23.2 Å². The Hall–Kier alpha value is -1.26. The van der Waals surface area contributed by atoms with Gasteiger partial charge in [0.25, 0.3) is 5.91 Å². The fourth-order valence-corrected chi connectivity index (χ4v) is 2.09. The van der Waals surface area contributed by atoms with Gasteiger partial charge in [-0.05, 0) is 39.0 Å². The van der Waals surface area contributed by atoms with E-state index in [1.165, 1.54) is 30.9 Å². The molecule has 1 aromatic carbocycles. The Balaban J connectivity index is 3.23. The number of aliphatic carboxylic acids is 1. The number of carbonyl (C=O) groups excluding carboxylic acids is 1. The number of halogens is 2. The third kappa shape index (κ3) is 3.19. The van der Waals surface area contributed by atoms with Gasteiger partial charge in [0.1, 0.15) is 5.54 Å². The lowest BCUT2D eigenvalue weighted by molar-refractivity contribution is -0.147. The second-order valence-electron chi connectivity index (χ2n) is 4.54. The molecule has 0 fully saturated rings. The molecule has 0 radical (unpaired) electrons. The molecule has 1 amide bonds. The number of benzene rings is 1. The van der Waals surface area contributed by atoms with Gasteiger partial charge >= 0.3 is 5.97 Å². The molecule has 104 valence electrons. The number of carboxylic acid groups (broad SMARTS) is 1. The minimum absolute atomic E-state index is 0.199. The lowest BCUT2D eigenvalue weighted by atomic mass is 10.0. The fraction of sp³-hybridized carbons (Fsp3) is 0.385. The van der Waals surface area contributed by atoms with Crippen LogP contribution in [-0.4, -0.2) is 34.0 Å². The van der Waals surface area contributed by atoms with E-state index in [4.69, 9.17) is 23.2 Å². The summed E-state index contributed by atoms with van der Waals surface area (Å²) in [5.41, 5.74) is -1.12. The van der Waals surface area contributed by atoms with Gasteiger partial charge in [0.2, 0.25) is 0 Å². The van der Waals surface area contributed by atoms with Crippen LogP contribution in [-0.2, 0) is 4.79 Å². The molecular formula is C13H15Cl2NO3. The van der Waals surface area contributed by atoms with Crippen molar-refractivity contribution in [3.63, 3.8) is 0 Å². The second kappa shape index (κ2) is 5.80. The quantitative estimate of drug-likeness (QED) is 0.928. The molecule has 0 heterocycles. The summed E-state index contributed by atoms with van der Waals surface area (Å²) in [6, 6.07) is 4.52. The van der Waals surface area contributed by atoms with Gasteiger partial charge in [-0.15, -0.1) is 0 Å². The number of rotatable bonds is 4. The Kier molecular flexibility index (Phi) is 4.82. The molecule has 0 aliphatic heterocycles. The number of amides is 1. The van der Waals surface area contributed by atoms with Gasteiger partial charge in [-0.3, -0.25) is 4.79 Å². The van der Waals surface area contributed by atoms with Crippen molar-refractivity contribution < 1.29 is 14.7 Å². The first-order valence-corrected chi connectivity index (χ1v) is 6.47. The molecule has 6 heteroatoms. The summed E-state index contributed by atoms with van der Waals surface area (Å²) < 4.78 is 0. The molecule has 1 aromatic rings. The SMILES string of the molecule is CCN(C(=O)c1cc(Cl)ccc1Cl)C(C)(C)C(=O)O. The van der Waals surface area contributed by atoms with Crippen LogP contribution in [0.4, 0.5) is 0 Å². The topological polar surface area (TPSA) is 57.6 Å². The largest absolute Gasteiger partial charge is 0.480 e. The Morgan fingerprint density at radius 3 is 2.37 bits per heavy atom. The minimum atomic E-state index is -1.32. The Labute approximate surface area is 121 Å². The highest BCUT2D eigenvalue weighted by Gasteiger charge is 2.37. The van der Waals surface area contributed by atoms with Crippen LogP contribution in [0, 0.1) is 0 Å². The van der Waals surface area contributed by atoms with E-state index in [1.54, 1.807) is 13.0 Å². The molecule has 0 aliphatic rings. The zero-order valence-electron chi connectivity index (χ0n) is 10.9. The zero-order chi connectivity index (χ0) is 14.8. The normalized spacial score (nSPS) is 11.2. The van der Waals surface area contributed by atoms with E-state index in [1.807, 2.05) is 0 Å². The number of carbonyl (C=O) groups is 2. The first kappa shape index (κ1) is 15.8. The summed E-state index contributed by atoms with van der Waals surface area (Å²) in [6.07, 6.45) is 0. The molecule has 1 N–H and O–H groups in total. The fourth-order valence-electron chi connectivity index (χ4n) is 1.71. The van der Waals surface area contributed by atoms with Crippen LogP contribution in [0.3, 0.4) is 0 Å². The summed E-state index contributed by atoms with van der Waals surface area (Å²) in [7, 11) is 0. The first-order valence-electron chi connectivity index (χ1n) is 5.72. The van der Waals surface area contributed by atoms with Crippen LogP contribution >= 0.6 is 23.2 Å². The van der Waals surface area contributed by atoms with E-state index in [0.29, 0.717) is 5.02 Å². The van der Waals surface area contributed by atoms with Crippen LogP contribution < -0.4 is 0 Å². The van der Waals surface area contributed by atoms with Crippen LogP contribution in [0.2, 0.25) is 10.0 Å². The molecular weight excluding hydrogens is 289 g/mol. The standard InChI is InChI=1S/C13H15Cl2NO3/c1-4-16(13(2,3)12(18)19)11(17)9-7-8(14)5-6-10(9)15/h5-7H,4H2,1-3H3,(H,18,19). The lowest BCUT2D eigenvalue weighted by Crippen LogP contribution is -2.53. The van der Waals surface area contributed by atoms with Crippen molar-refractivity contribution in [2.24, 2.45) is 0 Å². The number of hydrogen-bond acceptors (Lipinski definition) is 2. The van der Waals surface area contributed by atoms with Gasteiger partial charge in [-0.25, -0.2) is 4.79 Å². The van der Waals surface area contributed by atoms with Crippen molar-refractivity contribution in [3.8, 4) is 0 Å². The number of hydrogen-bond donors (Lipinski definition) is 1. The smallest absolute Gasteiger partial charge is 0.329 e. The van der Waals surface area contributed by atoms with Gasteiger partial charge in [0, 0.05) is 11.6 Å². The minimum Gasteiger partial charge on any atom is -0.480 e. The van der Waals surface area contributed by atoms with Crippen molar-refractivity contribution in [2.75, 3.05) is 6.54 Å². The number of carboxylic acids is 1. The van der Waals surface area contributed by atoms with Crippen LogP contribution in [0.25, 0.3) is 0 Å². The maximum absolute atomic E-state index is 12.4. The highest BCUT2D eigenvalue weighted by molar-refractivity contribution is 6.35. The average molecular weight is 304 g/mol. The van der Waals surface area contributed by atoms with Crippen LogP contribution in [0.5, 0.6) is 0 Å². The number of likely N-dealkylation sites (N-methyl/N-ethyl adjacent to an activating group) is 1. The van der Waals surface area contributed by atoms with Gasteiger partial charge in [0.15, 0.2) is 0 Å². The van der Waals surface area contributed by atoms with Gasteiger partial charge in [0.05, 0.1) is 10.6 Å². The maximum Gasteiger partial charge on any atom is 0.329 e. The van der Waals surface area contributed by atoms with Gasteiger partial charge in [-0.2, -0.15) is 0 Å². The van der Waals surface area contributed by atoms with Crippen LogP contribution in [0.15, 0.2) is 18.2 Å². The van der Waals surface area contributed by atoms with E-state index in [9.17, 15) is 14.7 Å². The molecule has 19 heavy (non-hydrogen) atoms. The van der Waals surface area contributed by atoms with E-state index in [2.05, 4.69) is 0 Å². The molecule has 0 saturated heterocycles. The third-order valence-corrected chi connectivity index (χ3v) is 3.48. The first-order chi connectivity index (χ1) is 8.71. The monoisotopic (exact) mass is 303 g/mol. The van der Waals surface area contributed by atoms with Gasteiger partial charge < -0.3 is 10.0 Å². The van der Waals surface area contributed by atoms with Crippen molar-refractivity contribution in [1.82, 2.24) is 4.90 Å².